The lowest BCUT2D eigenvalue weighted by Crippen LogP contribution is -2.34. The van der Waals surface area contributed by atoms with Crippen LogP contribution < -0.4 is 10.6 Å². The number of likely N-dealkylation sites (N-methyl/N-ethyl adjacent to an activating group) is 1. The lowest BCUT2D eigenvalue weighted by atomic mass is 10.2. The summed E-state index contributed by atoms with van der Waals surface area (Å²) in [5.41, 5.74) is 2.62. The maximum atomic E-state index is 12.1. The van der Waals surface area contributed by atoms with Gasteiger partial charge >= 0.3 is 0 Å². The Morgan fingerprint density at radius 3 is 2.78 bits per heavy atom. The number of thiazole rings is 1. The molecule has 0 aliphatic rings. The second-order valence-corrected chi connectivity index (χ2v) is 6.17. The van der Waals surface area contributed by atoms with Crippen LogP contribution in [-0.4, -0.2) is 42.0 Å². The normalized spacial score (nSPS) is 10.8. The first-order valence-corrected chi connectivity index (χ1v) is 8.80. The van der Waals surface area contributed by atoms with Gasteiger partial charge in [-0.3, -0.25) is 4.79 Å². The predicted molar refractivity (Wildman–Crippen MR) is 96.7 cm³/mol. The van der Waals surface area contributed by atoms with E-state index < -0.39 is 0 Å². The van der Waals surface area contributed by atoms with Gasteiger partial charge in [-0.1, -0.05) is 26.0 Å². The number of rotatable bonds is 8. The van der Waals surface area contributed by atoms with Crippen LogP contribution >= 0.6 is 11.3 Å². The van der Waals surface area contributed by atoms with E-state index in [4.69, 9.17) is 0 Å². The number of carbonyl (C=O) groups is 1. The van der Waals surface area contributed by atoms with Crippen LogP contribution in [0.2, 0.25) is 0 Å². The largest absolute Gasteiger partial charge is 0.349 e. The molecule has 1 aromatic carbocycles. The highest BCUT2D eigenvalue weighted by atomic mass is 32.1. The van der Waals surface area contributed by atoms with Crippen LogP contribution in [0.4, 0.5) is 10.8 Å². The van der Waals surface area contributed by atoms with Gasteiger partial charge in [-0.25, -0.2) is 4.98 Å². The van der Waals surface area contributed by atoms with Gasteiger partial charge in [0, 0.05) is 24.2 Å². The zero-order valence-corrected chi connectivity index (χ0v) is 14.7. The molecule has 0 fully saturated rings. The van der Waals surface area contributed by atoms with Crippen molar-refractivity contribution in [2.75, 3.05) is 31.5 Å². The van der Waals surface area contributed by atoms with Crippen molar-refractivity contribution >= 4 is 28.1 Å². The first-order valence-electron chi connectivity index (χ1n) is 7.92. The minimum atomic E-state index is -0.120. The minimum absolute atomic E-state index is 0.120. The van der Waals surface area contributed by atoms with Crippen LogP contribution in [0.3, 0.4) is 0 Å². The number of hydrogen-bond donors (Lipinski definition) is 2. The smallest absolute Gasteiger partial charge is 0.270 e. The zero-order chi connectivity index (χ0) is 16.7. The molecule has 0 spiro atoms. The third-order valence-electron chi connectivity index (χ3n) is 3.61. The number of aromatic nitrogens is 1. The monoisotopic (exact) mass is 332 g/mol. The third kappa shape index (κ3) is 5.33. The summed E-state index contributed by atoms with van der Waals surface area (Å²) in [4.78, 5) is 18.7. The van der Waals surface area contributed by atoms with Gasteiger partial charge in [0.05, 0.1) is 0 Å². The molecule has 0 bridgehead atoms. The molecular formula is C17H24N4OS. The maximum Gasteiger partial charge on any atom is 0.270 e. The molecule has 0 saturated carbocycles. The molecule has 1 heterocycles. The van der Waals surface area contributed by atoms with Gasteiger partial charge in [-0.15, -0.1) is 11.3 Å². The van der Waals surface area contributed by atoms with E-state index in [0.717, 1.165) is 30.5 Å². The molecule has 0 aliphatic heterocycles. The number of carbonyl (C=O) groups excluding carboxylic acids is 1. The van der Waals surface area contributed by atoms with Crippen molar-refractivity contribution < 1.29 is 4.79 Å². The van der Waals surface area contributed by atoms with Crippen molar-refractivity contribution in [1.82, 2.24) is 15.2 Å². The first-order chi connectivity index (χ1) is 11.1. The number of benzene rings is 1. The molecule has 5 nitrogen and oxygen atoms in total. The van der Waals surface area contributed by atoms with Crippen LogP contribution in [0.25, 0.3) is 0 Å². The second kappa shape index (κ2) is 8.64. The van der Waals surface area contributed by atoms with E-state index in [0.29, 0.717) is 12.2 Å². The molecule has 0 aliphatic carbocycles. The van der Waals surface area contributed by atoms with Crippen LogP contribution in [-0.2, 0) is 0 Å². The number of nitrogens with one attached hydrogen (secondary N) is 2. The molecule has 6 heteroatoms. The molecule has 2 rings (SSSR count). The molecule has 0 atom stereocenters. The van der Waals surface area contributed by atoms with E-state index >= 15 is 0 Å². The lowest BCUT2D eigenvalue weighted by molar-refractivity contribution is 0.0944. The summed E-state index contributed by atoms with van der Waals surface area (Å²) < 4.78 is 0. The Hall–Kier alpha value is -1.92. The Morgan fingerprint density at radius 1 is 1.30 bits per heavy atom. The molecule has 2 aromatic rings. The summed E-state index contributed by atoms with van der Waals surface area (Å²) in [7, 11) is 0. The van der Waals surface area contributed by atoms with E-state index in [1.807, 2.05) is 31.2 Å². The van der Waals surface area contributed by atoms with Crippen molar-refractivity contribution in [3.8, 4) is 0 Å². The van der Waals surface area contributed by atoms with E-state index in [9.17, 15) is 4.79 Å². The molecular weight excluding hydrogens is 308 g/mol. The summed E-state index contributed by atoms with van der Waals surface area (Å²) in [5.74, 6) is -0.120. The topological polar surface area (TPSA) is 57.3 Å². The average molecular weight is 332 g/mol. The van der Waals surface area contributed by atoms with Gasteiger partial charge in [0.1, 0.15) is 5.69 Å². The number of nitrogens with zero attached hydrogens (tertiary/aromatic N) is 2. The first kappa shape index (κ1) is 17.4. The van der Waals surface area contributed by atoms with Crippen molar-refractivity contribution in [2.24, 2.45) is 0 Å². The van der Waals surface area contributed by atoms with E-state index in [1.54, 1.807) is 5.38 Å². The summed E-state index contributed by atoms with van der Waals surface area (Å²) in [6.07, 6.45) is 0. The van der Waals surface area contributed by atoms with Gasteiger partial charge in [0.15, 0.2) is 5.13 Å². The molecule has 124 valence electrons. The molecule has 23 heavy (non-hydrogen) atoms. The highest BCUT2D eigenvalue weighted by molar-refractivity contribution is 7.14. The van der Waals surface area contributed by atoms with E-state index in [2.05, 4.69) is 34.4 Å². The predicted octanol–water partition coefficient (Wildman–Crippen LogP) is 3.27. The van der Waals surface area contributed by atoms with Gasteiger partial charge in [-0.2, -0.15) is 0 Å². The second-order valence-electron chi connectivity index (χ2n) is 5.32. The summed E-state index contributed by atoms with van der Waals surface area (Å²) in [5, 5.41) is 8.66. The maximum absolute atomic E-state index is 12.1. The van der Waals surface area contributed by atoms with Gasteiger partial charge in [0.25, 0.3) is 5.91 Å². The van der Waals surface area contributed by atoms with E-state index in [1.165, 1.54) is 16.9 Å². The highest BCUT2D eigenvalue weighted by Crippen LogP contribution is 2.21. The van der Waals surface area contributed by atoms with Gasteiger partial charge in [0.2, 0.25) is 0 Å². The van der Waals surface area contributed by atoms with E-state index in [-0.39, 0.29) is 5.91 Å². The van der Waals surface area contributed by atoms with Crippen LogP contribution in [0.1, 0.15) is 29.9 Å². The zero-order valence-electron chi connectivity index (χ0n) is 13.9. The summed E-state index contributed by atoms with van der Waals surface area (Å²) >= 11 is 1.43. The van der Waals surface area contributed by atoms with Gasteiger partial charge < -0.3 is 15.5 Å². The highest BCUT2D eigenvalue weighted by Gasteiger charge is 2.11. The number of aryl methyl sites for hydroxylation is 1. The molecule has 2 N–H and O–H groups in total. The Balaban J connectivity index is 1.87. The fourth-order valence-corrected chi connectivity index (χ4v) is 2.95. The standard InChI is InChI=1S/C17H24N4OS/c1-4-21(5-2)10-9-18-16(22)15-12-23-17(20-15)19-14-8-6-7-13(3)11-14/h6-8,11-12H,4-5,9-10H2,1-3H3,(H,18,22)(H,19,20). The van der Waals surface area contributed by atoms with Gasteiger partial charge in [-0.05, 0) is 37.7 Å². The Morgan fingerprint density at radius 2 is 2.09 bits per heavy atom. The van der Waals surface area contributed by atoms with Crippen molar-refractivity contribution in [1.29, 1.82) is 0 Å². The molecule has 0 radical (unpaired) electrons. The Kier molecular flexibility index (Phi) is 6.55. The average Bonchev–Trinajstić information content (AvgIpc) is 3.00. The Labute approximate surface area is 141 Å². The number of amides is 1. The Bertz CT molecular complexity index is 637. The fraction of sp³-hybridized carbons (Fsp3) is 0.412. The summed E-state index contributed by atoms with van der Waals surface area (Å²) in [6, 6.07) is 8.07. The minimum Gasteiger partial charge on any atom is -0.349 e. The third-order valence-corrected chi connectivity index (χ3v) is 4.37. The van der Waals surface area contributed by atoms with Crippen LogP contribution in [0.15, 0.2) is 29.6 Å². The quantitative estimate of drug-likeness (QED) is 0.779. The number of anilines is 2. The molecule has 0 unspecified atom stereocenters. The van der Waals surface area contributed by atoms with Crippen LogP contribution in [0.5, 0.6) is 0 Å². The summed E-state index contributed by atoms with van der Waals surface area (Å²) in [6.45, 7) is 9.77. The number of hydrogen-bond acceptors (Lipinski definition) is 5. The lowest BCUT2D eigenvalue weighted by Gasteiger charge is -2.17. The molecule has 1 aromatic heterocycles. The van der Waals surface area contributed by atoms with Crippen LogP contribution in [0, 0.1) is 6.92 Å². The van der Waals surface area contributed by atoms with Crippen molar-refractivity contribution in [3.05, 3.63) is 40.9 Å². The SMILES string of the molecule is CCN(CC)CCNC(=O)c1csc(Nc2cccc(C)c2)n1. The van der Waals surface area contributed by atoms with Crippen molar-refractivity contribution in [3.63, 3.8) is 0 Å². The molecule has 0 saturated heterocycles. The fourth-order valence-electron chi connectivity index (χ4n) is 2.24. The van der Waals surface area contributed by atoms with Crippen molar-refractivity contribution in [2.45, 2.75) is 20.8 Å². The molecule has 1 amide bonds.